The average Bonchev–Trinajstić information content (AvgIpc) is 2.47. The molecular formula is C7H5ClINS2. The minimum absolute atomic E-state index is 0.241. The van der Waals surface area contributed by atoms with Gasteiger partial charge in [0, 0.05) is 0 Å². The molecule has 12 heavy (non-hydrogen) atoms. The molecule has 1 N–H and O–H groups in total. The van der Waals surface area contributed by atoms with Crippen LogP contribution in [0.15, 0.2) is 28.6 Å². The topological polar surface area (TPSA) is 14.1 Å². The van der Waals surface area contributed by atoms with Gasteiger partial charge in [0.25, 0.3) is 0 Å². The van der Waals surface area contributed by atoms with Crippen molar-refractivity contribution in [1.29, 1.82) is 0 Å². The van der Waals surface area contributed by atoms with Gasteiger partial charge in [-0.05, 0) is 0 Å². The summed E-state index contributed by atoms with van der Waals surface area (Å²) in [6.07, 6.45) is 0. The van der Waals surface area contributed by atoms with Crippen LogP contribution in [0, 0.1) is 0 Å². The van der Waals surface area contributed by atoms with E-state index < -0.39 is 0 Å². The Morgan fingerprint density at radius 3 is 3.00 bits per heavy atom. The SMILES string of the molecule is Cl[I-]Sc1[nH+]c2ccccc2s1. The monoisotopic (exact) mass is 329 g/mol. The van der Waals surface area contributed by atoms with E-state index in [1.165, 1.54) is 14.6 Å². The van der Waals surface area contributed by atoms with Crippen LogP contribution >= 0.6 is 29.2 Å². The van der Waals surface area contributed by atoms with E-state index in [1.807, 2.05) is 6.07 Å². The van der Waals surface area contributed by atoms with Crippen LogP contribution in [-0.4, -0.2) is 0 Å². The summed E-state index contributed by atoms with van der Waals surface area (Å²) < 4.78 is 2.52. The number of hydrogen-bond acceptors (Lipinski definition) is 2. The average molecular weight is 330 g/mol. The molecule has 0 saturated heterocycles. The number of aromatic amines is 1. The van der Waals surface area contributed by atoms with Crippen LogP contribution < -0.4 is 23.7 Å². The number of benzene rings is 1. The van der Waals surface area contributed by atoms with Gasteiger partial charge in [-0.25, -0.2) is 0 Å². The summed E-state index contributed by atoms with van der Waals surface area (Å²) in [5.74, 6) is 0. The van der Waals surface area contributed by atoms with E-state index in [1.54, 1.807) is 20.3 Å². The second kappa shape index (κ2) is 4.13. The number of thiazole rings is 1. The Hall–Kier alpha value is 0.480. The van der Waals surface area contributed by atoms with E-state index in [-0.39, 0.29) is 18.7 Å². The van der Waals surface area contributed by atoms with Gasteiger partial charge >= 0.3 is 91.7 Å². The molecule has 1 nitrogen and oxygen atoms in total. The molecule has 0 aliphatic rings. The van der Waals surface area contributed by atoms with Crippen molar-refractivity contribution in [1.82, 2.24) is 0 Å². The Kier molecular flexibility index (Phi) is 3.11. The first-order valence-electron chi connectivity index (χ1n) is 3.24. The molecule has 5 heteroatoms. The number of para-hydroxylation sites is 1. The van der Waals surface area contributed by atoms with E-state index in [0.29, 0.717) is 0 Å². The van der Waals surface area contributed by atoms with Crippen LogP contribution in [0.1, 0.15) is 0 Å². The number of fused-ring (bicyclic) bond motifs is 1. The summed E-state index contributed by atoms with van der Waals surface area (Å²) >= 11 is 1.53. The maximum absolute atomic E-state index is 5.72. The van der Waals surface area contributed by atoms with Gasteiger partial charge in [0.1, 0.15) is 0 Å². The third kappa shape index (κ3) is 1.86. The number of H-pyrrole nitrogens is 1. The summed E-state index contributed by atoms with van der Waals surface area (Å²) in [5.41, 5.74) is 1.21. The van der Waals surface area contributed by atoms with Gasteiger partial charge < -0.3 is 0 Å². The van der Waals surface area contributed by atoms with Crippen molar-refractivity contribution in [2.24, 2.45) is 0 Å². The fraction of sp³-hybridized carbons (Fsp3) is 0. The predicted molar refractivity (Wildman–Crippen MR) is 50.1 cm³/mol. The Labute approximate surface area is 90.9 Å². The standard InChI is InChI=1S/C7H4ClINS2/c8-9-12-7-10-5-3-1-2-4-6(5)11-7/h1-4H/q-1/p+1. The first-order valence-corrected chi connectivity index (χ1v) is 10.1. The molecule has 0 bridgehead atoms. The van der Waals surface area contributed by atoms with Gasteiger partial charge in [0.15, 0.2) is 0 Å². The van der Waals surface area contributed by atoms with E-state index in [9.17, 15) is 0 Å². The summed E-state index contributed by atoms with van der Waals surface area (Å²) in [6.45, 7) is 0. The molecule has 0 atom stereocenters. The molecule has 1 aromatic carbocycles. The summed E-state index contributed by atoms with van der Waals surface area (Å²) in [7, 11) is 7.46. The van der Waals surface area contributed by atoms with Crippen molar-refractivity contribution >= 4 is 39.4 Å². The van der Waals surface area contributed by atoms with Crippen molar-refractivity contribution in [3.8, 4) is 0 Å². The van der Waals surface area contributed by atoms with Crippen LogP contribution in [0.3, 0.4) is 0 Å². The second-order valence-corrected chi connectivity index (χ2v) is 8.80. The van der Waals surface area contributed by atoms with E-state index >= 15 is 0 Å². The van der Waals surface area contributed by atoms with Gasteiger partial charge in [0.05, 0.1) is 0 Å². The molecule has 2 aromatic rings. The van der Waals surface area contributed by atoms with Crippen molar-refractivity contribution in [2.45, 2.75) is 4.34 Å². The summed E-state index contributed by atoms with van der Waals surface area (Å²) in [6, 6.07) is 8.29. The van der Waals surface area contributed by atoms with E-state index in [0.717, 1.165) is 0 Å². The van der Waals surface area contributed by atoms with Gasteiger partial charge in [-0.15, -0.1) is 0 Å². The van der Waals surface area contributed by atoms with Gasteiger partial charge in [-0.3, -0.25) is 0 Å². The molecule has 0 saturated carbocycles. The molecular weight excluding hydrogens is 325 g/mol. The Morgan fingerprint density at radius 2 is 2.25 bits per heavy atom. The minimum atomic E-state index is -0.241. The van der Waals surface area contributed by atoms with Crippen LogP contribution in [0.4, 0.5) is 0 Å². The summed E-state index contributed by atoms with van der Waals surface area (Å²) in [4.78, 5) is 3.32. The Bertz CT molecular complexity index is 357. The first-order chi connectivity index (χ1) is 5.90. The van der Waals surface area contributed by atoms with Crippen molar-refractivity contribution in [3.05, 3.63) is 24.3 Å². The second-order valence-electron chi connectivity index (χ2n) is 2.15. The molecule has 0 aliphatic heterocycles. The molecule has 0 radical (unpaired) electrons. The normalized spacial score (nSPS) is 11.1. The molecule has 64 valence electrons. The first kappa shape index (κ1) is 9.05. The third-order valence-corrected chi connectivity index (χ3v) is 6.98. The molecule has 0 spiro atoms. The fourth-order valence-corrected chi connectivity index (χ4v) is 6.39. The van der Waals surface area contributed by atoms with Crippen LogP contribution in [0.5, 0.6) is 0 Å². The third-order valence-electron chi connectivity index (χ3n) is 1.43. The number of nitrogens with one attached hydrogen (secondary N) is 1. The van der Waals surface area contributed by atoms with Crippen molar-refractivity contribution < 1.29 is 23.7 Å². The maximum atomic E-state index is 5.72. The number of rotatable bonds is 2. The zero-order valence-corrected chi connectivity index (χ0v) is 10.4. The van der Waals surface area contributed by atoms with Crippen LogP contribution in [0.2, 0.25) is 0 Å². The predicted octanol–water partition coefficient (Wildman–Crippen LogP) is -0.0347. The van der Waals surface area contributed by atoms with Crippen molar-refractivity contribution in [3.63, 3.8) is 0 Å². The molecule has 0 aliphatic carbocycles. The van der Waals surface area contributed by atoms with Gasteiger partial charge in [-0.1, -0.05) is 0 Å². The quantitative estimate of drug-likeness (QED) is 0.706. The Morgan fingerprint density at radius 1 is 1.42 bits per heavy atom. The summed E-state index contributed by atoms with van der Waals surface area (Å²) in [5, 5.41) is 0. The Balaban J connectivity index is 2.47. The molecule has 0 fully saturated rings. The zero-order valence-electron chi connectivity index (χ0n) is 5.88. The van der Waals surface area contributed by atoms with Crippen LogP contribution in [-0.2, 0) is 0 Å². The molecule has 1 heterocycles. The molecule has 0 unspecified atom stereocenters. The molecule has 2 rings (SSSR count). The number of halogens is 2. The van der Waals surface area contributed by atoms with E-state index in [4.69, 9.17) is 8.91 Å². The fourth-order valence-electron chi connectivity index (χ4n) is 0.956. The number of hydrogen-bond donors (Lipinski definition) is 0. The van der Waals surface area contributed by atoms with Crippen LogP contribution in [0.25, 0.3) is 10.2 Å². The zero-order chi connectivity index (χ0) is 8.39. The molecule has 1 aromatic heterocycles. The van der Waals surface area contributed by atoms with Crippen molar-refractivity contribution in [2.75, 3.05) is 0 Å². The van der Waals surface area contributed by atoms with Gasteiger partial charge in [0.2, 0.25) is 0 Å². The molecule has 0 amide bonds. The number of aromatic nitrogens is 1. The van der Waals surface area contributed by atoms with E-state index in [2.05, 4.69) is 23.2 Å². The van der Waals surface area contributed by atoms with Gasteiger partial charge in [-0.2, -0.15) is 0 Å².